The summed E-state index contributed by atoms with van der Waals surface area (Å²) in [5.74, 6) is 0. The van der Waals surface area contributed by atoms with E-state index in [4.69, 9.17) is 4.42 Å². The molecular weight excluding hydrogens is 643 g/mol. The van der Waals surface area contributed by atoms with Gasteiger partial charge in [0.15, 0.2) is 0 Å². The van der Waals surface area contributed by atoms with Gasteiger partial charge in [-0.1, -0.05) is 141 Å². The van der Waals surface area contributed by atoms with Crippen molar-refractivity contribution in [2.24, 2.45) is 0 Å². The molecule has 250 valence electrons. The molecule has 0 atom stereocenters. The summed E-state index contributed by atoms with van der Waals surface area (Å²) >= 11 is 0. The summed E-state index contributed by atoms with van der Waals surface area (Å²) in [4.78, 5) is 2.38. The zero-order valence-corrected chi connectivity index (χ0v) is 29.6. The van der Waals surface area contributed by atoms with Crippen LogP contribution < -0.4 is 4.90 Å². The molecule has 0 radical (unpaired) electrons. The zero-order chi connectivity index (χ0) is 35.3. The molecule has 10 aromatic rings. The molecule has 0 saturated heterocycles. The number of anilines is 3. The van der Waals surface area contributed by atoms with E-state index in [2.05, 4.69) is 183 Å². The Bertz CT molecular complexity index is 3090. The van der Waals surface area contributed by atoms with Gasteiger partial charge in [0.1, 0.15) is 11.2 Å². The fraction of sp³-hybridized carbons (Fsp3) is 0.0588. The standard InChI is InChI=1S/C51H35NO/c1-51(2)45-16-7-5-13-41(45)42-28-26-37(30-46(42)51)52(38-27-29-44-43-14-6-8-17-47(43)53-48(44)31-38)36-24-22-33(23-25-36)40-15-9-11-34-20-21-35-19-18-32-10-3-4-12-39(32)50(35)49(34)40/h3-31H,1-2H3. The van der Waals surface area contributed by atoms with Gasteiger partial charge in [-0.15, -0.1) is 0 Å². The van der Waals surface area contributed by atoms with Crippen LogP contribution in [0.25, 0.3) is 76.5 Å². The average molecular weight is 678 g/mol. The maximum atomic E-state index is 6.42. The lowest BCUT2D eigenvalue weighted by atomic mass is 9.82. The highest BCUT2D eigenvalue weighted by molar-refractivity contribution is 6.24. The van der Waals surface area contributed by atoms with Crippen molar-refractivity contribution in [1.29, 1.82) is 0 Å². The highest BCUT2D eigenvalue weighted by atomic mass is 16.3. The molecule has 11 rings (SSSR count). The molecule has 0 bridgehead atoms. The van der Waals surface area contributed by atoms with E-state index in [1.165, 1.54) is 65.7 Å². The summed E-state index contributed by atoms with van der Waals surface area (Å²) in [6.45, 7) is 4.69. The van der Waals surface area contributed by atoms with E-state index in [-0.39, 0.29) is 5.41 Å². The summed E-state index contributed by atoms with van der Waals surface area (Å²) in [5, 5.41) is 9.92. The Balaban J connectivity index is 1.09. The highest BCUT2D eigenvalue weighted by Gasteiger charge is 2.35. The summed E-state index contributed by atoms with van der Waals surface area (Å²) in [5.41, 5.74) is 12.7. The largest absolute Gasteiger partial charge is 0.456 e. The molecule has 0 saturated carbocycles. The monoisotopic (exact) mass is 677 g/mol. The van der Waals surface area contributed by atoms with E-state index in [1.807, 2.05) is 12.1 Å². The van der Waals surface area contributed by atoms with Crippen molar-refractivity contribution in [2.75, 3.05) is 4.90 Å². The Morgan fingerprint density at radius 1 is 0.396 bits per heavy atom. The Kier molecular flexibility index (Phi) is 6.33. The first-order valence-corrected chi connectivity index (χ1v) is 18.4. The Morgan fingerprint density at radius 3 is 1.87 bits per heavy atom. The summed E-state index contributed by atoms with van der Waals surface area (Å²) < 4.78 is 6.42. The molecular formula is C51H35NO. The molecule has 0 spiro atoms. The zero-order valence-electron chi connectivity index (χ0n) is 29.6. The molecule has 1 aliphatic carbocycles. The van der Waals surface area contributed by atoms with Crippen molar-refractivity contribution < 1.29 is 4.42 Å². The smallest absolute Gasteiger partial charge is 0.137 e. The number of hydrogen-bond donors (Lipinski definition) is 0. The summed E-state index contributed by atoms with van der Waals surface area (Å²) in [6.07, 6.45) is 0. The van der Waals surface area contributed by atoms with Crippen LogP contribution in [0.1, 0.15) is 25.0 Å². The minimum atomic E-state index is -0.110. The van der Waals surface area contributed by atoms with Gasteiger partial charge in [0.25, 0.3) is 0 Å². The number of fused-ring (bicyclic) bond motifs is 11. The first kappa shape index (κ1) is 30.0. The number of para-hydroxylation sites is 1. The molecule has 2 heteroatoms. The van der Waals surface area contributed by atoms with Crippen LogP contribution in [0.4, 0.5) is 17.1 Å². The Labute approximate surface area is 308 Å². The molecule has 1 heterocycles. The van der Waals surface area contributed by atoms with Crippen LogP contribution in [-0.4, -0.2) is 0 Å². The van der Waals surface area contributed by atoms with Gasteiger partial charge < -0.3 is 9.32 Å². The third kappa shape index (κ3) is 4.45. The lowest BCUT2D eigenvalue weighted by molar-refractivity contribution is 0.660. The fourth-order valence-corrected chi connectivity index (χ4v) is 9.04. The third-order valence-corrected chi connectivity index (χ3v) is 11.6. The lowest BCUT2D eigenvalue weighted by Gasteiger charge is -2.28. The number of benzene rings is 9. The van der Waals surface area contributed by atoms with Crippen molar-refractivity contribution in [3.8, 4) is 22.3 Å². The van der Waals surface area contributed by atoms with Crippen LogP contribution in [0.15, 0.2) is 180 Å². The Hall–Kier alpha value is -6.64. The van der Waals surface area contributed by atoms with Gasteiger partial charge in [-0.05, 0) is 108 Å². The number of furan rings is 1. The first-order chi connectivity index (χ1) is 26.0. The van der Waals surface area contributed by atoms with Gasteiger partial charge in [-0.3, -0.25) is 0 Å². The van der Waals surface area contributed by atoms with Crippen molar-refractivity contribution in [1.82, 2.24) is 0 Å². The van der Waals surface area contributed by atoms with Crippen molar-refractivity contribution >= 4 is 71.3 Å². The molecule has 9 aromatic carbocycles. The predicted molar refractivity (Wildman–Crippen MR) is 224 cm³/mol. The van der Waals surface area contributed by atoms with E-state index in [9.17, 15) is 0 Å². The molecule has 1 aliphatic rings. The molecule has 0 aliphatic heterocycles. The van der Waals surface area contributed by atoms with Crippen molar-refractivity contribution in [3.63, 3.8) is 0 Å². The first-order valence-electron chi connectivity index (χ1n) is 18.4. The molecule has 0 unspecified atom stereocenters. The Morgan fingerprint density at radius 2 is 1.00 bits per heavy atom. The second-order valence-electron chi connectivity index (χ2n) is 14.9. The summed E-state index contributed by atoms with van der Waals surface area (Å²) in [6, 6.07) is 64.3. The van der Waals surface area contributed by atoms with Gasteiger partial charge in [-0.25, -0.2) is 0 Å². The molecule has 0 fully saturated rings. The maximum Gasteiger partial charge on any atom is 0.137 e. The van der Waals surface area contributed by atoms with E-state index in [0.717, 1.165) is 39.0 Å². The minimum Gasteiger partial charge on any atom is -0.456 e. The third-order valence-electron chi connectivity index (χ3n) is 11.6. The minimum absolute atomic E-state index is 0.110. The molecule has 0 amide bonds. The van der Waals surface area contributed by atoms with Crippen LogP contribution in [0.2, 0.25) is 0 Å². The van der Waals surface area contributed by atoms with Crippen molar-refractivity contribution in [3.05, 3.63) is 187 Å². The van der Waals surface area contributed by atoms with Crippen molar-refractivity contribution in [2.45, 2.75) is 19.3 Å². The van der Waals surface area contributed by atoms with E-state index < -0.39 is 0 Å². The van der Waals surface area contributed by atoms with Crippen LogP contribution in [0.3, 0.4) is 0 Å². The van der Waals surface area contributed by atoms with Gasteiger partial charge in [0, 0.05) is 39.3 Å². The molecule has 0 N–H and O–H groups in total. The average Bonchev–Trinajstić information content (AvgIpc) is 3.69. The quantitative estimate of drug-likeness (QED) is 0.172. The van der Waals surface area contributed by atoms with Gasteiger partial charge in [0.2, 0.25) is 0 Å². The second-order valence-corrected chi connectivity index (χ2v) is 14.9. The number of rotatable bonds is 4. The SMILES string of the molecule is CC1(C)c2ccccc2-c2ccc(N(c3ccc(-c4cccc5ccc6ccc7ccccc7c6c45)cc3)c3ccc4c(c3)oc3ccccc34)cc21. The molecule has 53 heavy (non-hydrogen) atoms. The topological polar surface area (TPSA) is 16.4 Å². The lowest BCUT2D eigenvalue weighted by Crippen LogP contribution is -2.16. The second kappa shape index (κ2) is 11.2. The van der Waals surface area contributed by atoms with Crippen LogP contribution in [0.5, 0.6) is 0 Å². The van der Waals surface area contributed by atoms with E-state index >= 15 is 0 Å². The van der Waals surface area contributed by atoms with E-state index in [1.54, 1.807) is 0 Å². The molecule has 2 nitrogen and oxygen atoms in total. The maximum absolute atomic E-state index is 6.42. The van der Waals surface area contributed by atoms with Crippen LogP contribution in [0, 0.1) is 0 Å². The van der Waals surface area contributed by atoms with Crippen LogP contribution >= 0.6 is 0 Å². The van der Waals surface area contributed by atoms with Gasteiger partial charge >= 0.3 is 0 Å². The summed E-state index contributed by atoms with van der Waals surface area (Å²) in [7, 11) is 0. The predicted octanol–water partition coefficient (Wildman–Crippen LogP) is 14.5. The number of nitrogens with zero attached hydrogens (tertiary/aromatic N) is 1. The van der Waals surface area contributed by atoms with Gasteiger partial charge in [-0.2, -0.15) is 0 Å². The normalized spacial score (nSPS) is 13.2. The number of hydrogen-bond acceptors (Lipinski definition) is 2. The van der Waals surface area contributed by atoms with Gasteiger partial charge in [0.05, 0.1) is 0 Å². The van der Waals surface area contributed by atoms with Crippen LogP contribution in [-0.2, 0) is 5.41 Å². The highest BCUT2D eigenvalue weighted by Crippen LogP contribution is 2.51. The van der Waals surface area contributed by atoms with E-state index in [0.29, 0.717) is 0 Å². The molecule has 1 aromatic heterocycles. The fourth-order valence-electron chi connectivity index (χ4n) is 9.04.